The monoisotopic (exact) mass is 313 g/mol. The van der Waals surface area contributed by atoms with Crippen LogP contribution in [0.15, 0.2) is 34.3 Å². The summed E-state index contributed by atoms with van der Waals surface area (Å²) in [5.74, 6) is 0.0582. The van der Waals surface area contributed by atoms with Gasteiger partial charge in [-0.15, -0.1) is 0 Å². The molecule has 1 saturated carbocycles. The molecule has 0 spiro atoms. The van der Waals surface area contributed by atoms with E-state index >= 15 is 0 Å². The molecular formula is C14H18F3N5. The number of benzene rings is 1. The van der Waals surface area contributed by atoms with E-state index in [0.29, 0.717) is 5.69 Å². The summed E-state index contributed by atoms with van der Waals surface area (Å²) in [7, 11) is 0. The molecular weight excluding hydrogens is 295 g/mol. The first-order valence-corrected chi connectivity index (χ1v) is 6.96. The number of alkyl halides is 3. The van der Waals surface area contributed by atoms with Crippen molar-refractivity contribution in [2.24, 2.45) is 21.5 Å². The Morgan fingerprint density at radius 2 is 1.68 bits per heavy atom. The molecule has 5 nitrogen and oxygen atoms in total. The molecule has 0 atom stereocenters. The van der Waals surface area contributed by atoms with Crippen molar-refractivity contribution in [2.75, 3.05) is 5.32 Å². The van der Waals surface area contributed by atoms with Gasteiger partial charge in [-0.25, -0.2) is 4.99 Å². The van der Waals surface area contributed by atoms with Gasteiger partial charge >= 0.3 is 6.18 Å². The van der Waals surface area contributed by atoms with Crippen LogP contribution in [0, 0.1) is 0 Å². The van der Waals surface area contributed by atoms with Gasteiger partial charge in [0.1, 0.15) is 0 Å². The lowest BCUT2D eigenvalue weighted by Gasteiger charge is -2.09. The van der Waals surface area contributed by atoms with Gasteiger partial charge in [-0.05, 0) is 37.1 Å². The fraction of sp³-hybridized carbons (Fsp3) is 0.429. The third-order valence-electron chi connectivity index (χ3n) is 3.36. The summed E-state index contributed by atoms with van der Waals surface area (Å²) in [4.78, 5) is 8.14. The Hall–Kier alpha value is -2.25. The molecule has 0 bridgehead atoms. The van der Waals surface area contributed by atoms with Crippen LogP contribution < -0.4 is 16.8 Å². The first-order valence-electron chi connectivity index (χ1n) is 6.96. The van der Waals surface area contributed by atoms with Crippen LogP contribution in [0.1, 0.15) is 31.2 Å². The predicted molar refractivity (Wildman–Crippen MR) is 80.6 cm³/mol. The summed E-state index contributed by atoms with van der Waals surface area (Å²) in [5.41, 5.74) is 11.0. The van der Waals surface area contributed by atoms with Gasteiger partial charge in [0.05, 0.1) is 11.6 Å². The van der Waals surface area contributed by atoms with Gasteiger partial charge in [0, 0.05) is 5.69 Å². The Balaban J connectivity index is 1.98. The van der Waals surface area contributed by atoms with Crippen molar-refractivity contribution in [3.05, 3.63) is 29.8 Å². The van der Waals surface area contributed by atoms with E-state index in [1.54, 1.807) is 0 Å². The topological polar surface area (TPSA) is 88.8 Å². The minimum atomic E-state index is -4.36. The van der Waals surface area contributed by atoms with Crippen LogP contribution in [-0.4, -0.2) is 18.0 Å². The number of aliphatic imine (C=N–C) groups is 2. The summed E-state index contributed by atoms with van der Waals surface area (Å²) in [5, 5.41) is 2.68. The van der Waals surface area contributed by atoms with E-state index in [4.69, 9.17) is 11.5 Å². The fourth-order valence-corrected chi connectivity index (χ4v) is 2.29. The van der Waals surface area contributed by atoms with E-state index in [9.17, 15) is 13.2 Å². The van der Waals surface area contributed by atoms with Gasteiger partial charge < -0.3 is 16.8 Å². The smallest absolute Gasteiger partial charge is 0.369 e. The fourth-order valence-electron chi connectivity index (χ4n) is 2.29. The Morgan fingerprint density at radius 3 is 2.23 bits per heavy atom. The molecule has 120 valence electrons. The normalized spacial score (nSPS) is 17.8. The maximum atomic E-state index is 12.4. The summed E-state index contributed by atoms with van der Waals surface area (Å²) in [6.45, 7) is 0. The van der Waals surface area contributed by atoms with Gasteiger partial charge in [0.15, 0.2) is 0 Å². The molecule has 1 aliphatic rings. The summed E-state index contributed by atoms with van der Waals surface area (Å²) in [6.07, 6.45) is -0.129. The van der Waals surface area contributed by atoms with Crippen molar-refractivity contribution in [3.63, 3.8) is 0 Å². The molecule has 22 heavy (non-hydrogen) atoms. The third kappa shape index (κ3) is 4.64. The molecule has 0 unspecified atom stereocenters. The van der Waals surface area contributed by atoms with E-state index in [1.807, 2.05) is 0 Å². The third-order valence-corrected chi connectivity index (χ3v) is 3.36. The maximum Gasteiger partial charge on any atom is 0.416 e. The van der Waals surface area contributed by atoms with Crippen molar-refractivity contribution in [2.45, 2.75) is 37.9 Å². The lowest BCUT2D eigenvalue weighted by Crippen LogP contribution is -2.26. The van der Waals surface area contributed by atoms with Crippen molar-refractivity contribution in [3.8, 4) is 0 Å². The maximum absolute atomic E-state index is 12.4. The minimum Gasteiger partial charge on any atom is -0.369 e. The minimum absolute atomic E-state index is 0.0148. The summed E-state index contributed by atoms with van der Waals surface area (Å²) in [6, 6.07) is 4.66. The molecule has 1 aromatic carbocycles. The van der Waals surface area contributed by atoms with Crippen LogP contribution in [0.5, 0.6) is 0 Å². The second-order valence-corrected chi connectivity index (χ2v) is 5.12. The Bertz CT molecular complexity index is 557. The van der Waals surface area contributed by atoms with E-state index in [1.165, 1.54) is 12.1 Å². The molecule has 0 heterocycles. The van der Waals surface area contributed by atoms with Crippen LogP contribution in [0.4, 0.5) is 18.9 Å². The Morgan fingerprint density at radius 1 is 1.09 bits per heavy atom. The van der Waals surface area contributed by atoms with Crippen LogP contribution in [0.3, 0.4) is 0 Å². The number of nitrogens with zero attached hydrogens (tertiary/aromatic N) is 2. The number of hydrogen-bond acceptors (Lipinski definition) is 1. The van der Waals surface area contributed by atoms with Gasteiger partial charge in [-0.1, -0.05) is 12.8 Å². The van der Waals surface area contributed by atoms with Gasteiger partial charge in [0.2, 0.25) is 11.9 Å². The Labute approximate surface area is 126 Å². The molecule has 0 amide bonds. The van der Waals surface area contributed by atoms with Crippen molar-refractivity contribution < 1.29 is 13.2 Å². The van der Waals surface area contributed by atoms with Crippen LogP contribution >= 0.6 is 0 Å². The average molecular weight is 313 g/mol. The second kappa shape index (κ2) is 6.67. The lowest BCUT2D eigenvalue weighted by molar-refractivity contribution is -0.137. The van der Waals surface area contributed by atoms with Gasteiger partial charge in [-0.2, -0.15) is 18.2 Å². The van der Waals surface area contributed by atoms with E-state index in [2.05, 4.69) is 15.3 Å². The van der Waals surface area contributed by atoms with Crippen molar-refractivity contribution in [1.82, 2.24) is 0 Å². The summed E-state index contributed by atoms with van der Waals surface area (Å²) >= 11 is 0. The lowest BCUT2D eigenvalue weighted by atomic mass is 10.2. The van der Waals surface area contributed by atoms with Gasteiger partial charge in [-0.3, -0.25) is 0 Å². The highest BCUT2D eigenvalue weighted by molar-refractivity contribution is 6.00. The van der Waals surface area contributed by atoms with Crippen LogP contribution in [-0.2, 0) is 6.18 Å². The molecule has 0 saturated heterocycles. The number of rotatable bonds is 2. The quantitative estimate of drug-likeness (QED) is 0.579. The first-order chi connectivity index (χ1) is 10.3. The number of nitrogens with two attached hydrogens (primary N) is 2. The highest BCUT2D eigenvalue weighted by Gasteiger charge is 2.29. The molecule has 0 aromatic heterocycles. The largest absolute Gasteiger partial charge is 0.416 e. The highest BCUT2D eigenvalue weighted by Crippen LogP contribution is 2.29. The van der Waals surface area contributed by atoms with E-state index < -0.39 is 11.7 Å². The number of nitrogens with one attached hydrogen (secondary N) is 1. The zero-order valence-electron chi connectivity index (χ0n) is 11.9. The van der Waals surface area contributed by atoms with Crippen molar-refractivity contribution in [1.29, 1.82) is 0 Å². The Kier molecular flexibility index (Phi) is 4.89. The molecule has 8 heteroatoms. The second-order valence-electron chi connectivity index (χ2n) is 5.12. The number of halogens is 3. The zero-order valence-corrected chi connectivity index (χ0v) is 11.9. The molecule has 0 aliphatic heterocycles. The zero-order chi connectivity index (χ0) is 16.2. The predicted octanol–water partition coefficient (Wildman–Crippen LogP) is 2.69. The van der Waals surface area contributed by atoms with Gasteiger partial charge in [0.25, 0.3) is 0 Å². The summed E-state index contributed by atoms with van der Waals surface area (Å²) < 4.78 is 37.3. The van der Waals surface area contributed by atoms with E-state index in [-0.39, 0.29) is 18.0 Å². The highest BCUT2D eigenvalue weighted by atomic mass is 19.4. The molecule has 5 N–H and O–H groups in total. The molecule has 0 radical (unpaired) electrons. The van der Waals surface area contributed by atoms with Crippen molar-refractivity contribution >= 4 is 17.6 Å². The molecule has 2 rings (SSSR count). The molecule has 1 aliphatic carbocycles. The standard InChI is InChI=1S/C14H18F3N5/c15-14(16,17)9-5-7-11(8-6-9)21-13(19)22-12(18)20-10-3-1-2-4-10/h5-8,10H,1-4H2,(H5,18,19,20,21,22). The number of hydrogen-bond donors (Lipinski definition) is 3. The SMILES string of the molecule is NC(=NC1CCCC1)N=C(N)Nc1ccc(C(F)(F)F)cc1. The van der Waals surface area contributed by atoms with Crippen LogP contribution in [0.2, 0.25) is 0 Å². The first kappa shape index (κ1) is 16.1. The van der Waals surface area contributed by atoms with Crippen LogP contribution in [0.25, 0.3) is 0 Å². The average Bonchev–Trinajstić information content (AvgIpc) is 2.90. The number of guanidine groups is 2. The molecule has 1 fully saturated rings. The van der Waals surface area contributed by atoms with E-state index in [0.717, 1.165) is 37.8 Å². The molecule has 1 aromatic rings. The number of anilines is 1.